The fourth-order valence-electron chi connectivity index (χ4n) is 4.89. The molecule has 0 unspecified atom stereocenters. The number of hydrogen-bond acceptors (Lipinski definition) is 12. The summed E-state index contributed by atoms with van der Waals surface area (Å²) >= 11 is 2.51. The molecule has 0 bridgehead atoms. The summed E-state index contributed by atoms with van der Waals surface area (Å²) in [5.74, 6) is -4.03. The molecule has 1 aromatic carbocycles. The number of imide groups is 1. The van der Waals surface area contributed by atoms with Crippen molar-refractivity contribution in [1.29, 1.82) is 0 Å². The van der Waals surface area contributed by atoms with Crippen LogP contribution in [0.3, 0.4) is 0 Å². The van der Waals surface area contributed by atoms with Gasteiger partial charge in [-0.2, -0.15) is 0 Å². The molecule has 2 fully saturated rings. The minimum absolute atomic E-state index is 0. The van der Waals surface area contributed by atoms with Crippen LogP contribution in [0.2, 0.25) is 0 Å². The maximum absolute atomic E-state index is 13.6. The number of urea groups is 1. The molecule has 2 saturated heterocycles. The third-order valence-corrected chi connectivity index (χ3v) is 9.68. The second kappa shape index (κ2) is 14.2. The standard InChI is InChI=1S/C25H28N10O7S2.Na.H/c1-3-33-8-9-34(21(39)20(33)38)24(42)28-15(12-4-6-14(26)7-5-12)18(36)27-16-19(37)35-17(23(40)41)13(10-43-22(16)35)11-44-25-29-30-31-32(25)2;;/h4-7,15-16,22H,3,8-11,26H2,1-2H3,(H,27,36)(H,28,42)(H,40,41);;/t15-,16+,22+;;/m0../s1. The van der Waals surface area contributed by atoms with Crippen molar-refractivity contribution in [3.8, 4) is 0 Å². The number of piperazine rings is 1. The van der Waals surface area contributed by atoms with E-state index < -0.39 is 53.1 Å². The number of tetrazole rings is 1. The first-order valence-electron chi connectivity index (χ1n) is 13.3. The third kappa shape index (κ3) is 6.81. The molecule has 17 nitrogen and oxygen atoms in total. The molecule has 20 heteroatoms. The number of β-lactam (4-membered cyclic amide) rings is 1. The van der Waals surface area contributed by atoms with Crippen molar-refractivity contribution in [2.45, 2.75) is 29.5 Å². The number of nitrogens with two attached hydrogens (primary N) is 1. The number of rotatable bonds is 9. The van der Waals surface area contributed by atoms with Gasteiger partial charge in [0.05, 0.1) is 0 Å². The van der Waals surface area contributed by atoms with Crippen molar-refractivity contribution < 1.29 is 33.9 Å². The monoisotopic (exact) mass is 668 g/mol. The molecule has 0 saturated carbocycles. The van der Waals surface area contributed by atoms with Gasteiger partial charge in [0, 0.05) is 43.9 Å². The molecule has 3 aliphatic rings. The van der Waals surface area contributed by atoms with Gasteiger partial charge in [-0.1, -0.05) is 23.9 Å². The van der Waals surface area contributed by atoms with Crippen LogP contribution in [0.25, 0.3) is 0 Å². The van der Waals surface area contributed by atoms with Crippen LogP contribution in [0, 0.1) is 0 Å². The Kier molecular flexibility index (Phi) is 10.8. The zero-order chi connectivity index (χ0) is 31.7. The van der Waals surface area contributed by atoms with Crippen LogP contribution in [0.5, 0.6) is 0 Å². The number of aryl methyl sites for hydroxylation is 1. The Labute approximate surface area is 286 Å². The van der Waals surface area contributed by atoms with E-state index in [2.05, 4.69) is 26.2 Å². The number of anilines is 1. The average molecular weight is 669 g/mol. The van der Waals surface area contributed by atoms with Gasteiger partial charge in [0.25, 0.3) is 5.91 Å². The van der Waals surface area contributed by atoms with Crippen LogP contribution in [0.15, 0.2) is 40.7 Å². The number of nitrogens with one attached hydrogen (secondary N) is 2. The molecule has 3 aliphatic heterocycles. The summed E-state index contributed by atoms with van der Waals surface area (Å²) in [7, 11) is 1.65. The number of likely N-dealkylation sites (N-methyl/N-ethyl adjacent to an activating group) is 1. The molecule has 234 valence electrons. The summed E-state index contributed by atoms with van der Waals surface area (Å²) < 4.78 is 1.44. The van der Waals surface area contributed by atoms with Gasteiger partial charge in [-0.3, -0.25) is 29.0 Å². The quantitative estimate of drug-likeness (QED) is 0.0755. The van der Waals surface area contributed by atoms with Crippen LogP contribution in [-0.4, -0.2) is 148 Å². The maximum atomic E-state index is 13.6. The zero-order valence-corrected chi connectivity index (χ0v) is 25.1. The van der Waals surface area contributed by atoms with Crippen molar-refractivity contribution in [2.75, 3.05) is 36.9 Å². The van der Waals surface area contributed by atoms with E-state index in [1.54, 1.807) is 14.0 Å². The van der Waals surface area contributed by atoms with Gasteiger partial charge in [0.1, 0.15) is 23.2 Å². The Morgan fingerprint density at radius 1 is 1.16 bits per heavy atom. The predicted octanol–water partition coefficient (Wildman–Crippen LogP) is -1.88. The summed E-state index contributed by atoms with van der Waals surface area (Å²) in [6.07, 6.45) is 0. The number of thioether (sulfide) groups is 2. The molecular formula is C25H29N10NaO7S2. The van der Waals surface area contributed by atoms with Gasteiger partial charge in [-0.15, -0.1) is 16.9 Å². The van der Waals surface area contributed by atoms with E-state index in [-0.39, 0.29) is 59.8 Å². The van der Waals surface area contributed by atoms with Crippen LogP contribution >= 0.6 is 23.5 Å². The second-order valence-electron chi connectivity index (χ2n) is 9.92. The molecule has 3 atom stereocenters. The van der Waals surface area contributed by atoms with Crippen LogP contribution in [0.4, 0.5) is 10.5 Å². The second-order valence-corrected chi connectivity index (χ2v) is 12.0. The van der Waals surface area contributed by atoms with Gasteiger partial charge in [-0.05, 0) is 40.6 Å². The number of fused-ring (bicyclic) bond motifs is 1. The third-order valence-electron chi connectivity index (χ3n) is 7.24. The Bertz CT molecular complexity index is 1570. The predicted molar refractivity (Wildman–Crippen MR) is 162 cm³/mol. The summed E-state index contributed by atoms with van der Waals surface area (Å²) in [4.78, 5) is 80.3. The number of carboxylic acids is 1. The van der Waals surface area contributed by atoms with Crippen molar-refractivity contribution in [3.05, 3.63) is 41.1 Å². The Morgan fingerprint density at radius 3 is 2.49 bits per heavy atom. The summed E-state index contributed by atoms with van der Waals surface area (Å²) in [6, 6.07) is 2.65. The Balaban J connectivity index is 0.00000461. The van der Waals surface area contributed by atoms with E-state index in [1.807, 2.05) is 0 Å². The van der Waals surface area contributed by atoms with Gasteiger partial charge >= 0.3 is 53.4 Å². The van der Waals surface area contributed by atoms with Crippen molar-refractivity contribution in [3.63, 3.8) is 0 Å². The van der Waals surface area contributed by atoms with Crippen LogP contribution in [0.1, 0.15) is 18.5 Å². The van der Waals surface area contributed by atoms with Crippen LogP contribution < -0.4 is 16.4 Å². The number of nitrogens with zero attached hydrogens (tertiary/aromatic N) is 7. The molecule has 4 heterocycles. The molecule has 5 N–H and O–H groups in total. The average Bonchev–Trinajstić information content (AvgIpc) is 3.42. The topological polar surface area (TPSA) is 226 Å². The number of nitrogen functional groups attached to an aromatic ring is 1. The summed E-state index contributed by atoms with van der Waals surface area (Å²) in [5.41, 5.74) is 6.83. The number of carboxylic acid groups (broad SMARTS) is 1. The van der Waals surface area contributed by atoms with E-state index in [0.717, 1.165) is 9.80 Å². The van der Waals surface area contributed by atoms with Crippen molar-refractivity contribution in [1.82, 2.24) is 45.5 Å². The molecule has 1 aromatic heterocycles. The molecule has 45 heavy (non-hydrogen) atoms. The number of aliphatic carboxylic acids is 1. The zero-order valence-electron chi connectivity index (χ0n) is 23.5. The number of amides is 6. The van der Waals surface area contributed by atoms with E-state index in [9.17, 15) is 33.9 Å². The molecule has 6 amide bonds. The fraction of sp³-hybridized carbons (Fsp3) is 0.400. The number of carbonyl (C=O) groups excluding carboxylic acids is 5. The SMILES string of the molecule is CCN1CCN(C(=O)N[C@H](C(=O)N[C@@H]2C(=O)N3C(C(=O)O)=C(CSc4nnnn4C)CS[C@H]23)c2ccc(N)cc2)C(=O)C1=O.[NaH]. The first-order valence-corrected chi connectivity index (χ1v) is 15.4. The number of benzene rings is 1. The number of carbonyl (C=O) groups is 6. The minimum atomic E-state index is -1.37. The summed E-state index contributed by atoms with van der Waals surface area (Å²) in [5, 5.41) is 26.0. The molecule has 0 radical (unpaired) electrons. The molecule has 0 aliphatic carbocycles. The first-order chi connectivity index (χ1) is 21.0. The van der Waals surface area contributed by atoms with Crippen molar-refractivity contribution >= 4 is 94.4 Å². The van der Waals surface area contributed by atoms with Gasteiger partial charge in [0.15, 0.2) is 0 Å². The Morgan fingerprint density at radius 2 is 1.87 bits per heavy atom. The normalized spacial score (nSPS) is 20.2. The molecule has 2 aromatic rings. The summed E-state index contributed by atoms with van der Waals surface area (Å²) in [6.45, 7) is 2.10. The van der Waals surface area contributed by atoms with E-state index in [0.29, 0.717) is 28.5 Å². The van der Waals surface area contributed by atoms with E-state index >= 15 is 0 Å². The van der Waals surface area contributed by atoms with Gasteiger partial charge in [-0.25, -0.2) is 14.3 Å². The van der Waals surface area contributed by atoms with Gasteiger partial charge in [0.2, 0.25) is 11.1 Å². The van der Waals surface area contributed by atoms with Crippen LogP contribution in [-0.2, 0) is 31.0 Å². The Hall–Kier alpha value is -3.65. The number of aromatic nitrogens is 4. The number of hydrogen-bond donors (Lipinski definition) is 4. The molecule has 0 spiro atoms. The van der Waals surface area contributed by atoms with E-state index in [4.69, 9.17) is 5.73 Å². The molecular weight excluding hydrogens is 639 g/mol. The molecule has 5 rings (SSSR count). The first kappa shape index (κ1) is 34.2. The van der Waals surface area contributed by atoms with Crippen molar-refractivity contribution in [2.24, 2.45) is 7.05 Å². The fourth-order valence-corrected chi connectivity index (χ4v) is 7.22. The van der Waals surface area contributed by atoms with Gasteiger partial charge < -0.3 is 26.4 Å². The van der Waals surface area contributed by atoms with E-state index in [1.165, 1.54) is 57.4 Å².